The average Bonchev–Trinajstić information content (AvgIpc) is 3.47. The summed E-state index contributed by atoms with van der Waals surface area (Å²) < 4.78 is 11.2. The van der Waals surface area contributed by atoms with Crippen LogP contribution in [0.3, 0.4) is 0 Å². The highest BCUT2D eigenvalue weighted by Gasteiger charge is 2.20. The van der Waals surface area contributed by atoms with Crippen LogP contribution in [0.5, 0.6) is 11.5 Å². The number of aromatic amines is 1. The molecule has 45 heavy (non-hydrogen) atoms. The van der Waals surface area contributed by atoms with Gasteiger partial charge in [0.1, 0.15) is 5.69 Å². The number of aromatic nitrogens is 1. The number of nitro benzene ring substituents is 1. The van der Waals surface area contributed by atoms with Gasteiger partial charge in [-0.1, -0.05) is 66.7 Å². The van der Waals surface area contributed by atoms with Crippen molar-refractivity contribution in [1.82, 2.24) is 10.4 Å². The number of carbonyl (C=O) groups excluding carboxylic acids is 2. The molecule has 0 aliphatic heterocycles. The van der Waals surface area contributed by atoms with Crippen molar-refractivity contribution < 1.29 is 24.0 Å². The lowest BCUT2D eigenvalue weighted by Gasteiger charge is -2.11. The zero-order chi connectivity index (χ0) is 31.3. The number of hydrogen-bond donors (Lipinski definition) is 2. The summed E-state index contributed by atoms with van der Waals surface area (Å²) in [5.41, 5.74) is 6.14. The third-order valence-electron chi connectivity index (χ3n) is 7.15. The van der Waals surface area contributed by atoms with Gasteiger partial charge in [-0.05, 0) is 53.8 Å². The lowest BCUT2D eigenvalue weighted by molar-refractivity contribution is -0.384. The maximum absolute atomic E-state index is 13.5. The highest BCUT2D eigenvalue weighted by Crippen LogP contribution is 2.36. The molecule has 0 saturated carbocycles. The van der Waals surface area contributed by atoms with Gasteiger partial charge in [-0.3, -0.25) is 14.9 Å². The molecule has 0 radical (unpaired) electrons. The number of fused-ring (bicyclic) bond motifs is 3. The van der Waals surface area contributed by atoms with Gasteiger partial charge in [-0.2, -0.15) is 5.10 Å². The quantitative estimate of drug-likeness (QED) is 0.0590. The number of nitrogens with one attached hydrogen (secondary N) is 2. The average molecular weight is 599 g/mol. The van der Waals surface area contributed by atoms with Gasteiger partial charge in [0.2, 0.25) is 0 Å². The van der Waals surface area contributed by atoms with Crippen LogP contribution in [0.4, 0.5) is 5.69 Å². The van der Waals surface area contributed by atoms with E-state index in [4.69, 9.17) is 9.47 Å². The van der Waals surface area contributed by atoms with Crippen molar-refractivity contribution in [3.8, 4) is 22.6 Å². The zero-order valence-electron chi connectivity index (χ0n) is 24.0. The molecule has 1 amide bonds. The summed E-state index contributed by atoms with van der Waals surface area (Å²) in [6.45, 7) is 2.09. The summed E-state index contributed by atoms with van der Waals surface area (Å²) in [6.07, 6.45) is 1.46. The van der Waals surface area contributed by atoms with Gasteiger partial charge in [0.25, 0.3) is 11.6 Å². The molecule has 0 unspecified atom stereocenters. The van der Waals surface area contributed by atoms with Gasteiger partial charge < -0.3 is 14.5 Å². The van der Waals surface area contributed by atoms with Crippen LogP contribution < -0.4 is 14.9 Å². The summed E-state index contributed by atoms with van der Waals surface area (Å²) in [4.78, 5) is 39.8. The van der Waals surface area contributed by atoms with Crippen LogP contribution in [-0.2, 0) is 0 Å². The number of non-ortho nitro benzene ring substituents is 1. The number of hydrazone groups is 1. The number of ether oxygens (including phenoxy) is 2. The monoisotopic (exact) mass is 598 g/mol. The van der Waals surface area contributed by atoms with E-state index in [1.165, 1.54) is 30.5 Å². The number of nitro groups is 1. The maximum Gasteiger partial charge on any atom is 0.343 e. The van der Waals surface area contributed by atoms with Crippen molar-refractivity contribution in [3.63, 3.8) is 0 Å². The molecule has 0 aliphatic carbocycles. The molecule has 222 valence electrons. The first kappa shape index (κ1) is 28.8. The molecule has 6 aromatic rings. The molecule has 10 nitrogen and oxygen atoms in total. The topological polar surface area (TPSA) is 136 Å². The Morgan fingerprint density at radius 1 is 0.889 bits per heavy atom. The minimum Gasteiger partial charge on any atom is -0.490 e. The number of rotatable bonds is 9. The second kappa shape index (κ2) is 12.5. The lowest BCUT2D eigenvalue weighted by Crippen LogP contribution is -2.18. The molecule has 2 N–H and O–H groups in total. The first-order chi connectivity index (χ1) is 21.9. The van der Waals surface area contributed by atoms with E-state index >= 15 is 0 Å². The molecule has 10 heteroatoms. The summed E-state index contributed by atoms with van der Waals surface area (Å²) in [6, 6.07) is 31.7. The van der Waals surface area contributed by atoms with Gasteiger partial charge in [0.05, 0.1) is 28.8 Å². The number of carbonyl (C=O) groups is 2. The van der Waals surface area contributed by atoms with Crippen LogP contribution in [0.25, 0.3) is 32.8 Å². The highest BCUT2D eigenvalue weighted by molar-refractivity contribution is 6.16. The van der Waals surface area contributed by atoms with E-state index in [1.54, 1.807) is 25.1 Å². The second-order valence-corrected chi connectivity index (χ2v) is 9.98. The largest absolute Gasteiger partial charge is 0.490 e. The Morgan fingerprint density at radius 3 is 2.40 bits per heavy atom. The second-order valence-electron chi connectivity index (χ2n) is 9.98. The summed E-state index contributed by atoms with van der Waals surface area (Å²) in [5, 5.41) is 18.1. The summed E-state index contributed by atoms with van der Waals surface area (Å²) in [5.74, 6) is -0.653. The fourth-order valence-corrected chi connectivity index (χ4v) is 5.07. The van der Waals surface area contributed by atoms with E-state index in [1.807, 2.05) is 66.7 Å². The van der Waals surface area contributed by atoms with Gasteiger partial charge in [-0.15, -0.1) is 0 Å². The van der Waals surface area contributed by atoms with Crippen molar-refractivity contribution >= 4 is 45.5 Å². The van der Waals surface area contributed by atoms with E-state index in [2.05, 4.69) is 15.5 Å². The van der Waals surface area contributed by atoms with Gasteiger partial charge in [-0.25, -0.2) is 10.2 Å². The number of esters is 1. The van der Waals surface area contributed by atoms with Crippen LogP contribution in [0.1, 0.15) is 33.3 Å². The Bertz CT molecular complexity index is 2090. The van der Waals surface area contributed by atoms with Crippen molar-refractivity contribution in [2.75, 3.05) is 6.61 Å². The molecule has 0 fully saturated rings. The Balaban J connectivity index is 1.24. The molecule has 6 rings (SSSR count). The van der Waals surface area contributed by atoms with Crippen molar-refractivity contribution in [2.45, 2.75) is 6.92 Å². The van der Waals surface area contributed by atoms with Gasteiger partial charge >= 0.3 is 5.97 Å². The Hall–Kier alpha value is -6.29. The lowest BCUT2D eigenvalue weighted by atomic mass is 9.99. The first-order valence-corrected chi connectivity index (χ1v) is 14.1. The van der Waals surface area contributed by atoms with Crippen molar-refractivity contribution in [1.29, 1.82) is 0 Å². The van der Waals surface area contributed by atoms with E-state index in [0.717, 1.165) is 32.8 Å². The van der Waals surface area contributed by atoms with E-state index in [0.29, 0.717) is 17.9 Å². The normalized spacial score (nSPS) is 11.1. The van der Waals surface area contributed by atoms with Gasteiger partial charge in [0, 0.05) is 28.5 Å². The summed E-state index contributed by atoms with van der Waals surface area (Å²) >= 11 is 0. The molecule has 1 aromatic heterocycles. The fourth-order valence-electron chi connectivity index (χ4n) is 5.07. The zero-order valence-corrected chi connectivity index (χ0v) is 24.0. The molecule has 0 atom stereocenters. The van der Waals surface area contributed by atoms with Crippen LogP contribution in [0, 0.1) is 10.1 Å². The molecule has 0 aliphatic rings. The van der Waals surface area contributed by atoms with Crippen LogP contribution in [0.15, 0.2) is 114 Å². The third-order valence-corrected chi connectivity index (χ3v) is 7.15. The Morgan fingerprint density at radius 2 is 1.64 bits per heavy atom. The van der Waals surface area contributed by atoms with Crippen molar-refractivity contribution in [3.05, 3.63) is 136 Å². The maximum atomic E-state index is 13.5. The fraction of sp³-hybridized carbons (Fsp3) is 0.0571. The van der Waals surface area contributed by atoms with Crippen LogP contribution in [-0.4, -0.2) is 34.6 Å². The first-order valence-electron chi connectivity index (χ1n) is 14.1. The molecular weight excluding hydrogens is 572 g/mol. The number of hydrogen-bond acceptors (Lipinski definition) is 7. The Labute approximate surface area is 257 Å². The predicted octanol–water partition coefficient (Wildman–Crippen LogP) is 7.28. The van der Waals surface area contributed by atoms with Crippen molar-refractivity contribution in [2.24, 2.45) is 5.10 Å². The Kier molecular flexibility index (Phi) is 8.02. The number of benzene rings is 5. The number of amides is 1. The number of H-pyrrole nitrogens is 1. The standard InChI is InChI=1S/C35H26N4O6/c1-2-44-30-20-22(12-19-29(30)45-35(41)25-13-16-26(17-14-25)39(42)43)21-36-38-34(40)33-31(24-9-4-3-5-10-24)28-18-15-23-8-6-7-11-27(23)32(28)37-33/h3-21,37H,2H2,1H3,(H,38,40). The highest BCUT2D eigenvalue weighted by atomic mass is 16.6. The SMILES string of the molecule is CCOc1cc(C=NNC(=O)c2[nH]c3c(ccc4ccccc43)c2-c2ccccc2)ccc1OC(=O)c1ccc([N+](=O)[O-])cc1. The molecule has 0 saturated heterocycles. The predicted molar refractivity (Wildman–Crippen MR) is 172 cm³/mol. The molecule has 0 bridgehead atoms. The van der Waals surface area contributed by atoms with E-state index in [9.17, 15) is 19.7 Å². The summed E-state index contributed by atoms with van der Waals surface area (Å²) in [7, 11) is 0. The molecule has 0 spiro atoms. The van der Waals surface area contributed by atoms with Crippen LogP contribution >= 0.6 is 0 Å². The van der Waals surface area contributed by atoms with Gasteiger partial charge in [0.15, 0.2) is 11.5 Å². The minimum absolute atomic E-state index is 0.133. The van der Waals surface area contributed by atoms with E-state index in [-0.39, 0.29) is 22.7 Å². The molecule has 5 aromatic carbocycles. The minimum atomic E-state index is -0.695. The van der Waals surface area contributed by atoms with E-state index < -0.39 is 16.8 Å². The smallest absolute Gasteiger partial charge is 0.343 e. The third kappa shape index (κ3) is 5.98. The molecule has 1 heterocycles. The number of nitrogens with zero attached hydrogens (tertiary/aromatic N) is 2. The van der Waals surface area contributed by atoms with Crippen LogP contribution in [0.2, 0.25) is 0 Å². The molecular formula is C35H26N4O6.